The fourth-order valence-corrected chi connectivity index (χ4v) is 5.44. The molecule has 3 aliphatic heterocycles. The number of aromatic amines is 2. The van der Waals surface area contributed by atoms with Crippen LogP contribution in [0.25, 0.3) is 33.3 Å². The van der Waals surface area contributed by atoms with Crippen LogP contribution in [-0.4, -0.2) is 59.7 Å². The Hall–Kier alpha value is -3.66. The molecule has 10 heteroatoms. The molecule has 2 bridgehead atoms. The van der Waals surface area contributed by atoms with E-state index >= 15 is 0 Å². The van der Waals surface area contributed by atoms with Crippen molar-refractivity contribution in [3.05, 3.63) is 46.3 Å². The number of piperidine rings is 3. The Kier molecular flexibility index (Phi) is 5.14. The minimum absolute atomic E-state index is 0.147. The van der Waals surface area contributed by atoms with E-state index in [1.807, 2.05) is 6.07 Å². The second kappa shape index (κ2) is 8.23. The number of nitrogens with zero attached hydrogens (tertiary/aromatic N) is 2. The maximum atomic E-state index is 13.8. The summed E-state index contributed by atoms with van der Waals surface area (Å²) in [4.78, 5) is 26.2. The van der Waals surface area contributed by atoms with Crippen LogP contribution in [-0.2, 0) is 0 Å². The highest BCUT2D eigenvalue weighted by molar-refractivity contribution is 6.00. The van der Waals surface area contributed by atoms with Gasteiger partial charge in [0.15, 0.2) is 23.1 Å². The highest BCUT2D eigenvalue weighted by Crippen LogP contribution is 2.39. The van der Waals surface area contributed by atoms with Crippen molar-refractivity contribution in [2.75, 3.05) is 39.2 Å². The third kappa shape index (κ3) is 3.59. The molecule has 1 atom stereocenters. The van der Waals surface area contributed by atoms with E-state index in [-0.39, 0.29) is 28.5 Å². The average Bonchev–Trinajstić information content (AvgIpc) is 3.26. The predicted molar refractivity (Wildman–Crippen MR) is 129 cm³/mol. The summed E-state index contributed by atoms with van der Waals surface area (Å²) in [7, 11) is 3.09. The van der Waals surface area contributed by atoms with Crippen molar-refractivity contribution in [3.8, 4) is 22.9 Å². The predicted octanol–water partition coefficient (Wildman–Crippen LogP) is 3.87. The zero-order valence-corrected chi connectivity index (χ0v) is 19.4. The van der Waals surface area contributed by atoms with Gasteiger partial charge < -0.3 is 29.7 Å². The van der Waals surface area contributed by atoms with Crippen molar-refractivity contribution in [3.63, 3.8) is 0 Å². The number of nitrogens with one attached hydrogen (secondary N) is 3. The molecule has 0 radical (unpaired) electrons. The van der Waals surface area contributed by atoms with E-state index in [1.165, 1.54) is 7.11 Å². The van der Waals surface area contributed by atoms with Crippen molar-refractivity contribution in [2.24, 2.45) is 5.92 Å². The second-order valence-electron chi connectivity index (χ2n) is 9.21. The van der Waals surface area contributed by atoms with Crippen LogP contribution in [0.3, 0.4) is 0 Å². The lowest BCUT2D eigenvalue weighted by molar-refractivity contribution is 0.0976. The van der Waals surface area contributed by atoms with Crippen molar-refractivity contribution in [2.45, 2.75) is 18.9 Å². The molecule has 0 aliphatic carbocycles. The molecule has 35 heavy (non-hydrogen) atoms. The summed E-state index contributed by atoms with van der Waals surface area (Å²) in [5.74, 6) is -0.253. The van der Waals surface area contributed by atoms with Gasteiger partial charge in [0.2, 0.25) is 0 Å². The quantitative estimate of drug-likeness (QED) is 0.401. The van der Waals surface area contributed by atoms with Crippen LogP contribution in [0, 0.1) is 17.6 Å². The van der Waals surface area contributed by atoms with Gasteiger partial charge in [0.1, 0.15) is 11.4 Å². The van der Waals surface area contributed by atoms with Crippen LogP contribution in [0.5, 0.6) is 11.5 Å². The molecule has 3 fully saturated rings. The number of ether oxygens (including phenoxy) is 2. The fourth-order valence-electron chi connectivity index (χ4n) is 5.44. The van der Waals surface area contributed by atoms with Gasteiger partial charge >= 0.3 is 0 Å². The van der Waals surface area contributed by atoms with Gasteiger partial charge in [-0.2, -0.15) is 0 Å². The number of benzene rings is 2. The van der Waals surface area contributed by atoms with E-state index in [9.17, 15) is 13.6 Å². The third-order valence-corrected chi connectivity index (χ3v) is 7.26. The number of anilines is 1. The molecule has 5 heterocycles. The first-order valence-electron chi connectivity index (χ1n) is 11.6. The normalized spacial score (nSPS) is 21.5. The maximum Gasteiger partial charge on any atom is 0.261 e. The number of methoxy groups -OCH3 is 2. The van der Waals surface area contributed by atoms with Gasteiger partial charge in [0, 0.05) is 36.2 Å². The van der Waals surface area contributed by atoms with Crippen molar-refractivity contribution in [1.82, 2.24) is 19.9 Å². The van der Waals surface area contributed by atoms with Crippen LogP contribution >= 0.6 is 0 Å². The molecule has 0 spiro atoms. The Morgan fingerprint density at radius 2 is 1.71 bits per heavy atom. The maximum absolute atomic E-state index is 13.8. The van der Waals surface area contributed by atoms with E-state index < -0.39 is 11.6 Å². The SMILES string of the molecule is COc1cc2[nH]c(=O)c(-c3nc4cc(F)c(F)cc4[nH]3)c(N[C@H]3CN4CCC3CC4)c2cc1OC. The molecule has 3 N–H and O–H groups in total. The van der Waals surface area contributed by atoms with Crippen LogP contribution in [0.1, 0.15) is 12.8 Å². The first-order chi connectivity index (χ1) is 16.9. The molecular formula is C25H25F2N5O3. The van der Waals surface area contributed by atoms with Crippen LogP contribution in [0.4, 0.5) is 14.5 Å². The number of pyridine rings is 1. The number of imidazole rings is 1. The van der Waals surface area contributed by atoms with E-state index in [4.69, 9.17) is 9.47 Å². The first kappa shape index (κ1) is 21.8. The number of halogens is 2. The molecule has 3 saturated heterocycles. The summed E-state index contributed by atoms with van der Waals surface area (Å²) < 4.78 is 38.6. The molecule has 4 aromatic rings. The van der Waals surface area contributed by atoms with Gasteiger partial charge in [-0.1, -0.05) is 0 Å². The van der Waals surface area contributed by atoms with Gasteiger partial charge in [-0.25, -0.2) is 13.8 Å². The minimum Gasteiger partial charge on any atom is -0.493 e. The summed E-state index contributed by atoms with van der Waals surface area (Å²) in [5.41, 5.74) is 1.61. The Labute approximate surface area is 199 Å². The molecule has 8 nitrogen and oxygen atoms in total. The average molecular weight is 482 g/mol. The lowest BCUT2D eigenvalue weighted by atomic mass is 9.83. The topological polar surface area (TPSA) is 95.3 Å². The Balaban J connectivity index is 1.58. The van der Waals surface area contributed by atoms with E-state index in [1.54, 1.807) is 13.2 Å². The molecule has 0 unspecified atom stereocenters. The van der Waals surface area contributed by atoms with Gasteiger partial charge in [-0.15, -0.1) is 0 Å². The van der Waals surface area contributed by atoms with Crippen molar-refractivity contribution in [1.29, 1.82) is 0 Å². The Bertz CT molecular complexity index is 1470. The van der Waals surface area contributed by atoms with Crippen LogP contribution in [0.2, 0.25) is 0 Å². The number of H-pyrrole nitrogens is 2. The third-order valence-electron chi connectivity index (χ3n) is 7.26. The zero-order valence-electron chi connectivity index (χ0n) is 19.4. The number of hydrogen-bond acceptors (Lipinski definition) is 6. The lowest BCUT2D eigenvalue weighted by Crippen LogP contribution is -2.53. The van der Waals surface area contributed by atoms with Crippen LogP contribution in [0.15, 0.2) is 29.1 Å². The molecule has 3 aliphatic rings. The summed E-state index contributed by atoms with van der Waals surface area (Å²) in [6, 6.07) is 5.76. The van der Waals surface area contributed by atoms with Crippen molar-refractivity contribution >= 4 is 27.6 Å². The van der Waals surface area contributed by atoms with E-state index in [0.29, 0.717) is 34.1 Å². The Morgan fingerprint density at radius 1 is 1.00 bits per heavy atom. The smallest absolute Gasteiger partial charge is 0.261 e. The molecule has 2 aromatic carbocycles. The summed E-state index contributed by atoms with van der Waals surface area (Å²) in [6.45, 7) is 3.04. The minimum atomic E-state index is -0.995. The molecule has 2 aromatic heterocycles. The summed E-state index contributed by atoms with van der Waals surface area (Å²) >= 11 is 0. The largest absolute Gasteiger partial charge is 0.493 e. The summed E-state index contributed by atoms with van der Waals surface area (Å²) in [5, 5.41) is 4.38. The standard InChI is InChI=1S/C25H25F2N5O3/c1-34-20-7-13-16(10-21(20)35-2)31-25(33)22(23(13)28-19-11-32-5-3-12(19)4-6-32)24-29-17-8-14(26)15(27)9-18(17)30-24/h7-10,12,19H,3-6,11H2,1-2H3,(H,29,30)(H2,28,31,33)/t19-/m0/s1. The number of fused-ring (bicyclic) bond motifs is 5. The summed E-state index contributed by atoms with van der Waals surface area (Å²) in [6.07, 6.45) is 2.18. The first-order valence-corrected chi connectivity index (χ1v) is 11.6. The molecular weight excluding hydrogens is 456 g/mol. The van der Waals surface area contributed by atoms with Gasteiger partial charge in [0.25, 0.3) is 5.56 Å². The lowest BCUT2D eigenvalue weighted by Gasteiger charge is -2.45. The van der Waals surface area contributed by atoms with Gasteiger partial charge in [0.05, 0.1) is 36.5 Å². The van der Waals surface area contributed by atoms with E-state index in [2.05, 4.69) is 25.2 Å². The number of hydrogen-bond donors (Lipinski definition) is 3. The zero-order chi connectivity index (χ0) is 24.3. The monoisotopic (exact) mass is 481 g/mol. The van der Waals surface area contributed by atoms with Crippen molar-refractivity contribution < 1.29 is 18.3 Å². The molecule has 7 rings (SSSR count). The fraction of sp³-hybridized carbons (Fsp3) is 0.360. The molecule has 182 valence electrons. The molecule has 0 saturated carbocycles. The van der Waals surface area contributed by atoms with Gasteiger partial charge in [-0.05, 0) is 37.9 Å². The second-order valence-corrected chi connectivity index (χ2v) is 9.21. The highest BCUT2D eigenvalue weighted by Gasteiger charge is 2.35. The van der Waals surface area contributed by atoms with Gasteiger partial charge in [-0.3, -0.25) is 4.79 Å². The highest BCUT2D eigenvalue weighted by atomic mass is 19.2. The Morgan fingerprint density at radius 3 is 2.40 bits per heavy atom. The van der Waals surface area contributed by atoms with E-state index in [0.717, 1.165) is 50.0 Å². The molecule has 0 amide bonds. The number of aromatic nitrogens is 3. The van der Waals surface area contributed by atoms with Crippen LogP contribution < -0.4 is 20.3 Å². The number of rotatable bonds is 5.